The third-order valence-corrected chi connectivity index (χ3v) is 5.14. The third kappa shape index (κ3) is 4.03. The number of nitro groups is 1. The molecule has 1 heterocycles. The first-order valence-electron chi connectivity index (χ1n) is 7.34. The molecule has 3 rings (SSSR count). The van der Waals surface area contributed by atoms with Crippen molar-refractivity contribution in [2.75, 3.05) is 18.9 Å². The van der Waals surface area contributed by atoms with Crippen molar-refractivity contribution in [3.8, 4) is 22.1 Å². The van der Waals surface area contributed by atoms with Crippen molar-refractivity contribution in [2.24, 2.45) is 0 Å². The van der Waals surface area contributed by atoms with Crippen LogP contribution in [0.15, 0.2) is 47.4 Å². The van der Waals surface area contributed by atoms with E-state index in [9.17, 15) is 10.1 Å². The summed E-state index contributed by atoms with van der Waals surface area (Å²) in [5.74, 6) is 1.29. The zero-order chi connectivity index (χ0) is 18.5. The first-order chi connectivity index (χ1) is 12.6. The average molecular weight is 390 g/mol. The van der Waals surface area contributed by atoms with Gasteiger partial charge >= 0.3 is 0 Å². The molecule has 0 aliphatic heterocycles. The monoisotopic (exact) mass is 390 g/mol. The first-order valence-corrected chi connectivity index (χ1v) is 8.97. The second-order valence-corrected chi connectivity index (χ2v) is 6.80. The predicted octanol–water partition coefficient (Wildman–Crippen LogP) is 4.25. The summed E-state index contributed by atoms with van der Waals surface area (Å²) in [4.78, 5) is 11.4. The number of anilines is 1. The summed E-state index contributed by atoms with van der Waals surface area (Å²) in [5, 5.41) is 20.2. The molecule has 0 atom stereocenters. The van der Waals surface area contributed by atoms with E-state index in [0.29, 0.717) is 27.2 Å². The van der Waals surface area contributed by atoms with E-state index in [1.54, 1.807) is 26.4 Å². The maximum Gasteiger partial charge on any atom is 0.270 e. The standard InChI is InChI=1S/C16H14N4O4S2/c1-23-13-7-6-12(9-14(13)24-2)26-19-16-18-17-15(25-16)10-4-3-5-11(8-10)20(21)22/h3-9H,1-2H3,(H,18,19). The summed E-state index contributed by atoms with van der Waals surface area (Å²) < 4.78 is 13.6. The number of rotatable bonds is 7. The Hall–Kier alpha value is -2.85. The van der Waals surface area contributed by atoms with Crippen LogP contribution in [0, 0.1) is 10.1 Å². The lowest BCUT2D eigenvalue weighted by atomic mass is 10.2. The van der Waals surface area contributed by atoms with Crippen LogP contribution in [0.1, 0.15) is 0 Å². The van der Waals surface area contributed by atoms with Crippen LogP contribution in [0.3, 0.4) is 0 Å². The van der Waals surface area contributed by atoms with Gasteiger partial charge in [0.25, 0.3) is 5.69 Å². The van der Waals surface area contributed by atoms with E-state index < -0.39 is 4.92 Å². The summed E-state index contributed by atoms with van der Waals surface area (Å²) in [6.45, 7) is 0. The van der Waals surface area contributed by atoms with Crippen molar-refractivity contribution in [3.63, 3.8) is 0 Å². The predicted molar refractivity (Wildman–Crippen MR) is 101 cm³/mol. The zero-order valence-electron chi connectivity index (χ0n) is 13.8. The second kappa shape index (κ2) is 8.02. The minimum Gasteiger partial charge on any atom is -0.493 e. The van der Waals surface area contributed by atoms with Gasteiger partial charge in [0.15, 0.2) is 11.5 Å². The number of non-ortho nitro benzene ring substituents is 1. The number of methoxy groups -OCH3 is 2. The molecular weight excluding hydrogens is 376 g/mol. The largest absolute Gasteiger partial charge is 0.493 e. The van der Waals surface area contributed by atoms with Gasteiger partial charge in [0, 0.05) is 22.6 Å². The van der Waals surface area contributed by atoms with Crippen molar-refractivity contribution >= 4 is 34.1 Å². The Labute approximate surface area is 157 Å². The van der Waals surface area contributed by atoms with Crippen molar-refractivity contribution < 1.29 is 14.4 Å². The molecule has 8 nitrogen and oxygen atoms in total. The van der Waals surface area contributed by atoms with Gasteiger partial charge in [-0.05, 0) is 30.1 Å². The summed E-state index contributed by atoms with van der Waals surface area (Å²) in [6, 6.07) is 11.9. The normalized spacial score (nSPS) is 10.4. The molecular formula is C16H14N4O4S2. The van der Waals surface area contributed by atoms with E-state index >= 15 is 0 Å². The topological polar surface area (TPSA) is 99.4 Å². The van der Waals surface area contributed by atoms with Crippen LogP contribution in [-0.4, -0.2) is 29.3 Å². The molecule has 0 spiro atoms. The number of nitrogens with zero attached hydrogens (tertiary/aromatic N) is 3. The molecule has 0 fully saturated rings. The van der Waals surface area contributed by atoms with Gasteiger partial charge in [-0.3, -0.25) is 10.1 Å². The maximum absolute atomic E-state index is 10.9. The van der Waals surface area contributed by atoms with Crippen molar-refractivity contribution in [1.82, 2.24) is 10.2 Å². The Kier molecular flexibility index (Phi) is 5.54. The van der Waals surface area contributed by atoms with Crippen LogP contribution in [0.4, 0.5) is 10.8 Å². The van der Waals surface area contributed by atoms with Gasteiger partial charge in [-0.25, -0.2) is 0 Å². The summed E-state index contributed by atoms with van der Waals surface area (Å²) in [5.41, 5.74) is 0.674. The quantitative estimate of drug-likeness (QED) is 0.363. The Balaban J connectivity index is 1.71. The average Bonchev–Trinajstić information content (AvgIpc) is 3.15. The second-order valence-electron chi connectivity index (χ2n) is 4.94. The fourth-order valence-electron chi connectivity index (χ4n) is 2.12. The van der Waals surface area contributed by atoms with Gasteiger partial charge < -0.3 is 14.2 Å². The highest BCUT2D eigenvalue weighted by molar-refractivity contribution is 8.00. The molecule has 1 N–H and O–H groups in total. The molecule has 0 aliphatic carbocycles. The highest BCUT2D eigenvalue weighted by Gasteiger charge is 2.12. The van der Waals surface area contributed by atoms with Crippen LogP contribution in [0.5, 0.6) is 11.5 Å². The molecule has 0 bridgehead atoms. The number of benzene rings is 2. The molecule has 0 aliphatic rings. The van der Waals surface area contributed by atoms with Crippen molar-refractivity contribution in [1.29, 1.82) is 0 Å². The molecule has 0 unspecified atom stereocenters. The molecule has 0 amide bonds. The van der Waals surface area contributed by atoms with E-state index in [4.69, 9.17) is 9.47 Å². The zero-order valence-corrected chi connectivity index (χ0v) is 15.5. The minimum absolute atomic E-state index is 0.0203. The summed E-state index contributed by atoms with van der Waals surface area (Å²) >= 11 is 2.66. The Morgan fingerprint density at radius 3 is 2.65 bits per heavy atom. The highest BCUT2D eigenvalue weighted by Crippen LogP contribution is 2.34. The Morgan fingerprint density at radius 2 is 1.92 bits per heavy atom. The van der Waals surface area contributed by atoms with Gasteiger partial charge in [-0.15, -0.1) is 10.2 Å². The van der Waals surface area contributed by atoms with Crippen LogP contribution in [0.2, 0.25) is 0 Å². The molecule has 1 aromatic heterocycles. The summed E-state index contributed by atoms with van der Waals surface area (Å²) in [6.07, 6.45) is 0. The molecule has 0 radical (unpaired) electrons. The Morgan fingerprint density at radius 1 is 1.12 bits per heavy atom. The fourth-order valence-corrected chi connectivity index (χ4v) is 3.55. The van der Waals surface area contributed by atoms with Crippen LogP contribution < -0.4 is 14.2 Å². The number of nitro benzene ring substituents is 1. The lowest BCUT2D eigenvalue weighted by Gasteiger charge is -2.09. The van der Waals surface area contributed by atoms with Gasteiger partial charge in [0.05, 0.1) is 19.1 Å². The summed E-state index contributed by atoms with van der Waals surface area (Å²) in [7, 11) is 3.16. The SMILES string of the molecule is COc1ccc(SNc2nnc(-c3cccc([N+](=O)[O-])c3)s2)cc1OC. The Bertz CT molecular complexity index is 932. The third-order valence-electron chi connectivity index (χ3n) is 3.34. The number of hydrogen-bond acceptors (Lipinski definition) is 9. The molecule has 2 aromatic carbocycles. The molecule has 0 saturated carbocycles. The van der Waals surface area contributed by atoms with Gasteiger partial charge in [0.2, 0.25) is 5.13 Å². The maximum atomic E-state index is 10.9. The van der Waals surface area contributed by atoms with Crippen LogP contribution in [-0.2, 0) is 0 Å². The molecule has 134 valence electrons. The van der Waals surface area contributed by atoms with E-state index in [1.165, 1.54) is 35.4 Å². The molecule has 10 heteroatoms. The molecule has 3 aromatic rings. The number of ether oxygens (including phenoxy) is 2. The van der Waals surface area contributed by atoms with Crippen LogP contribution >= 0.6 is 23.3 Å². The first kappa shape index (κ1) is 18.0. The number of hydrogen-bond donors (Lipinski definition) is 1. The van der Waals surface area contributed by atoms with Gasteiger partial charge in [0.1, 0.15) is 5.01 Å². The van der Waals surface area contributed by atoms with E-state index in [0.717, 1.165) is 4.90 Å². The molecule has 0 saturated heterocycles. The minimum atomic E-state index is -0.434. The van der Waals surface area contributed by atoms with E-state index in [2.05, 4.69) is 14.9 Å². The van der Waals surface area contributed by atoms with Gasteiger partial charge in [-0.2, -0.15) is 0 Å². The number of nitrogens with one attached hydrogen (secondary N) is 1. The van der Waals surface area contributed by atoms with Crippen molar-refractivity contribution in [3.05, 3.63) is 52.6 Å². The van der Waals surface area contributed by atoms with E-state index in [1.807, 2.05) is 18.2 Å². The van der Waals surface area contributed by atoms with Gasteiger partial charge in [-0.1, -0.05) is 23.5 Å². The van der Waals surface area contributed by atoms with Crippen molar-refractivity contribution in [2.45, 2.75) is 4.90 Å². The smallest absolute Gasteiger partial charge is 0.270 e. The van der Waals surface area contributed by atoms with E-state index in [-0.39, 0.29) is 5.69 Å². The van der Waals surface area contributed by atoms with Crippen LogP contribution in [0.25, 0.3) is 10.6 Å². The highest BCUT2D eigenvalue weighted by atomic mass is 32.2. The molecule has 26 heavy (non-hydrogen) atoms. The fraction of sp³-hybridized carbons (Fsp3) is 0.125. The lowest BCUT2D eigenvalue weighted by Crippen LogP contribution is -1.91. The number of aromatic nitrogens is 2. The lowest BCUT2D eigenvalue weighted by molar-refractivity contribution is -0.384.